The van der Waals surface area contributed by atoms with Crippen LogP contribution in [0.1, 0.15) is 27.2 Å². The fourth-order valence-electron chi connectivity index (χ4n) is 0.656. The van der Waals surface area contributed by atoms with Crippen LogP contribution in [-0.2, 0) is 0 Å². The lowest BCUT2D eigenvalue weighted by Gasteiger charge is -1.99. The first-order chi connectivity index (χ1) is 4.66. The van der Waals surface area contributed by atoms with Crippen LogP contribution in [0.5, 0.6) is 0 Å². The van der Waals surface area contributed by atoms with Crippen molar-refractivity contribution >= 4 is 6.21 Å². The molecule has 0 bridgehead atoms. The van der Waals surface area contributed by atoms with E-state index in [1.165, 1.54) is 0 Å². The quantitative estimate of drug-likeness (QED) is 0.474. The molecule has 2 heteroatoms. The first-order valence-electron chi connectivity index (χ1n) is 3.50. The van der Waals surface area contributed by atoms with Crippen molar-refractivity contribution in [3.05, 3.63) is 11.8 Å². The molecular weight excluding hydrogens is 126 g/mol. The Morgan fingerprint density at radius 2 is 2.30 bits per heavy atom. The topological polar surface area (TPSA) is 32.6 Å². The Bertz CT molecular complexity index is 134. The van der Waals surface area contributed by atoms with E-state index < -0.39 is 0 Å². The van der Waals surface area contributed by atoms with Crippen LogP contribution in [0.15, 0.2) is 16.8 Å². The SMILES string of the molecule is CC=N[C@@H](C)C/C=C(\C)O. The minimum absolute atomic E-state index is 0.284. The van der Waals surface area contributed by atoms with E-state index in [4.69, 9.17) is 5.11 Å². The second-order valence-electron chi connectivity index (χ2n) is 2.34. The smallest absolute Gasteiger partial charge is 0.0852 e. The molecule has 0 rings (SSSR count). The third-order valence-electron chi connectivity index (χ3n) is 1.16. The minimum atomic E-state index is 0.284. The second-order valence-corrected chi connectivity index (χ2v) is 2.34. The number of rotatable bonds is 3. The zero-order valence-electron chi connectivity index (χ0n) is 6.83. The summed E-state index contributed by atoms with van der Waals surface area (Å²) in [4.78, 5) is 4.12. The van der Waals surface area contributed by atoms with Gasteiger partial charge in [0.25, 0.3) is 0 Å². The van der Waals surface area contributed by atoms with Gasteiger partial charge in [0.05, 0.1) is 11.8 Å². The third-order valence-corrected chi connectivity index (χ3v) is 1.16. The van der Waals surface area contributed by atoms with Crippen molar-refractivity contribution < 1.29 is 5.11 Å². The van der Waals surface area contributed by atoms with Gasteiger partial charge in [-0.1, -0.05) is 0 Å². The van der Waals surface area contributed by atoms with E-state index >= 15 is 0 Å². The molecule has 1 N–H and O–H groups in total. The highest BCUT2D eigenvalue weighted by Gasteiger charge is 1.92. The van der Waals surface area contributed by atoms with Crippen molar-refractivity contribution in [3.63, 3.8) is 0 Å². The number of allylic oxidation sites excluding steroid dienone is 1. The maximum absolute atomic E-state index is 8.78. The van der Waals surface area contributed by atoms with E-state index in [9.17, 15) is 0 Å². The van der Waals surface area contributed by atoms with Crippen LogP contribution in [0.25, 0.3) is 0 Å². The van der Waals surface area contributed by atoms with Crippen LogP contribution in [0, 0.1) is 0 Å². The Kier molecular flexibility index (Phi) is 4.63. The second kappa shape index (κ2) is 5.03. The summed E-state index contributed by atoms with van der Waals surface area (Å²) in [5.41, 5.74) is 0. The molecule has 0 aromatic heterocycles. The molecule has 0 fully saturated rings. The van der Waals surface area contributed by atoms with E-state index in [0.29, 0.717) is 5.76 Å². The minimum Gasteiger partial charge on any atom is -0.513 e. The summed E-state index contributed by atoms with van der Waals surface area (Å²) in [5, 5.41) is 8.78. The Morgan fingerprint density at radius 3 is 2.70 bits per heavy atom. The summed E-state index contributed by atoms with van der Waals surface area (Å²) >= 11 is 0. The average molecular weight is 141 g/mol. The van der Waals surface area contributed by atoms with E-state index in [-0.39, 0.29) is 6.04 Å². The van der Waals surface area contributed by atoms with Crippen LogP contribution >= 0.6 is 0 Å². The predicted octanol–water partition coefficient (Wildman–Crippen LogP) is 2.32. The molecule has 0 amide bonds. The monoisotopic (exact) mass is 141 g/mol. The molecule has 0 aliphatic heterocycles. The lowest BCUT2D eigenvalue weighted by atomic mass is 10.2. The molecule has 0 saturated carbocycles. The van der Waals surface area contributed by atoms with Crippen molar-refractivity contribution in [3.8, 4) is 0 Å². The number of aliphatic imine (C=N–C) groups is 1. The standard InChI is InChI=1S/C8H15NO/c1-4-9-7(2)5-6-8(3)10/h4,6-7,10H,5H2,1-3H3/b8-6+,9-4?/t7-/m0/s1. The van der Waals surface area contributed by atoms with E-state index in [1.54, 1.807) is 19.2 Å². The molecule has 0 unspecified atom stereocenters. The van der Waals surface area contributed by atoms with Crippen molar-refractivity contribution in [2.24, 2.45) is 4.99 Å². The number of aliphatic hydroxyl groups excluding tert-OH is 1. The molecule has 0 aliphatic rings. The highest BCUT2D eigenvalue weighted by atomic mass is 16.3. The Morgan fingerprint density at radius 1 is 1.70 bits per heavy atom. The van der Waals surface area contributed by atoms with Crippen LogP contribution in [0.4, 0.5) is 0 Å². The van der Waals surface area contributed by atoms with Crippen LogP contribution in [0.2, 0.25) is 0 Å². The van der Waals surface area contributed by atoms with Crippen LogP contribution < -0.4 is 0 Å². The van der Waals surface area contributed by atoms with Gasteiger partial charge in [0.15, 0.2) is 0 Å². The third kappa shape index (κ3) is 5.35. The number of hydrogen-bond donors (Lipinski definition) is 1. The van der Waals surface area contributed by atoms with Crippen molar-refractivity contribution in [2.45, 2.75) is 33.2 Å². The normalized spacial score (nSPS) is 16.1. The highest BCUT2D eigenvalue weighted by molar-refractivity contribution is 5.53. The maximum atomic E-state index is 8.78. The molecule has 0 saturated heterocycles. The molecule has 1 atom stereocenters. The number of nitrogens with zero attached hydrogens (tertiary/aromatic N) is 1. The zero-order valence-corrected chi connectivity index (χ0v) is 6.83. The van der Waals surface area contributed by atoms with Crippen molar-refractivity contribution in [2.75, 3.05) is 0 Å². The van der Waals surface area contributed by atoms with Crippen molar-refractivity contribution in [1.29, 1.82) is 0 Å². The Hall–Kier alpha value is -0.790. The largest absolute Gasteiger partial charge is 0.513 e. The van der Waals surface area contributed by atoms with Gasteiger partial charge in [0.2, 0.25) is 0 Å². The van der Waals surface area contributed by atoms with E-state index in [1.807, 2.05) is 13.8 Å². The fourth-order valence-corrected chi connectivity index (χ4v) is 0.656. The summed E-state index contributed by atoms with van der Waals surface area (Å²) in [6, 6.07) is 0.284. The molecular formula is C8H15NO. The van der Waals surface area contributed by atoms with Gasteiger partial charge < -0.3 is 5.11 Å². The molecule has 0 aromatic carbocycles. The summed E-state index contributed by atoms with van der Waals surface area (Å²) in [7, 11) is 0. The van der Waals surface area contributed by atoms with Crippen molar-refractivity contribution in [1.82, 2.24) is 0 Å². The lowest BCUT2D eigenvalue weighted by molar-refractivity contribution is 0.410. The number of hydrogen-bond acceptors (Lipinski definition) is 2. The van der Waals surface area contributed by atoms with Gasteiger partial charge in [-0.2, -0.15) is 0 Å². The van der Waals surface area contributed by atoms with E-state index in [0.717, 1.165) is 6.42 Å². The molecule has 2 nitrogen and oxygen atoms in total. The van der Waals surface area contributed by atoms with Gasteiger partial charge >= 0.3 is 0 Å². The number of aliphatic hydroxyl groups is 1. The van der Waals surface area contributed by atoms with Gasteiger partial charge in [-0.05, 0) is 39.5 Å². The fraction of sp³-hybridized carbons (Fsp3) is 0.625. The molecule has 0 aliphatic carbocycles. The summed E-state index contributed by atoms with van der Waals surface area (Å²) in [6.45, 7) is 5.58. The van der Waals surface area contributed by atoms with Gasteiger partial charge in [-0.25, -0.2) is 0 Å². The molecule has 0 heterocycles. The molecule has 0 radical (unpaired) electrons. The summed E-state index contributed by atoms with van der Waals surface area (Å²) in [6.07, 6.45) is 4.37. The molecule has 58 valence electrons. The molecule has 10 heavy (non-hydrogen) atoms. The van der Waals surface area contributed by atoms with Gasteiger partial charge in [0.1, 0.15) is 0 Å². The van der Waals surface area contributed by atoms with E-state index in [2.05, 4.69) is 4.99 Å². The average Bonchev–Trinajstić information content (AvgIpc) is 1.85. The molecule has 0 spiro atoms. The Labute approximate surface area is 62.3 Å². The first-order valence-corrected chi connectivity index (χ1v) is 3.50. The summed E-state index contributed by atoms with van der Waals surface area (Å²) in [5.74, 6) is 0.373. The van der Waals surface area contributed by atoms with Crippen LogP contribution in [0.3, 0.4) is 0 Å². The van der Waals surface area contributed by atoms with Gasteiger partial charge in [0, 0.05) is 0 Å². The first kappa shape index (κ1) is 9.21. The maximum Gasteiger partial charge on any atom is 0.0852 e. The van der Waals surface area contributed by atoms with Gasteiger partial charge in [-0.3, -0.25) is 4.99 Å². The van der Waals surface area contributed by atoms with Gasteiger partial charge in [-0.15, -0.1) is 0 Å². The molecule has 0 aromatic rings. The lowest BCUT2D eigenvalue weighted by Crippen LogP contribution is -1.95. The zero-order chi connectivity index (χ0) is 7.98. The summed E-state index contributed by atoms with van der Waals surface area (Å²) < 4.78 is 0. The Balaban J connectivity index is 3.59. The predicted molar refractivity (Wildman–Crippen MR) is 44.6 cm³/mol. The van der Waals surface area contributed by atoms with Crippen LogP contribution in [-0.4, -0.2) is 17.4 Å². The highest BCUT2D eigenvalue weighted by Crippen LogP contribution is 1.99.